The van der Waals surface area contributed by atoms with Gasteiger partial charge in [0.25, 0.3) is 0 Å². The predicted octanol–water partition coefficient (Wildman–Crippen LogP) is 3.65. The van der Waals surface area contributed by atoms with Gasteiger partial charge in [-0.2, -0.15) is 0 Å². The van der Waals surface area contributed by atoms with Crippen LogP contribution in [0.15, 0.2) is 60.2 Å². The summed E-state index contributed by atoms with van der Waals surface area (Å²) in [4.78, 5) is 26.9. The third-order valence-electron chi connectivity index (χ3n) is 4.83. The molecule has 0 saturated carbocycles. The number of benzene rings is 2. The topological polar surface area (TPSA) is 75.4 Å². The summed E-state index contributed by atoms with van der Waals surface area (Å²) in [6, 6.07) is 15.3. The zero-order chi connectivity index (χ0) is 19.2. The van der Waals surface area contributed by atoms with Crippen molar-refractivity contribution in [3.8, 4) is 0 Å². The number of carbonyl (C=O) groups is 2. The first-order chi connectivity index (χ1) is 13.0. The number of aryl methyl sites for hydroxylation is 1. The van der Waals surface area contributed by atoms with E-state index in [-0.39, 0.29) is 18.2 Å². The van der Waals surface area contributed by atoms with E-state index in [0.29, 0.717) is 36.5 Å². The molecule has 2 amide bonds. The van der Waals surface area contributed by atoms with Crippen LogP contribution in [0.3, 0.4) is 0 Å². The number of hydrogen-bond acceptors (Lipinski definition) is 3. The predicted molar refractivity (Wildman–Crippen MR) is 108 cm³/mol. The van der Waals surface area contributed by atoms with Crippen molar-refractivity contribution in [3.05, 3.63) is 71.3 Å². The second-order valence-corrected chi connectivity index (χ2v) is 6.81. The number of nitrogens with one attached hydrogen (secondary N) is 1. The fourth-order valence-electron chi connectivity index (χ4n) is 3.21. The molecule has 3 N–H and O–H groups in total. The van der Waals surface area contributed by atoms with Crippen molar-refractivity contribution in [3.63, 3.8) is 0 Å². The lowest BCUT2D eigenvalue weighted by Gasteiger charge is -2.28. The summed E-state index contributed by atoms with van der Waals surface area (Å²) in [6.45, 7) is 3.37. The Kier molecular flexibility index (Phi) is 5.91. The summed E-state index contributed by atoms with van der Waals surface area (Å²) >= 11 is 0. The third-order valence-corrected chi connectivity index (χ3v) is 4.83. The van der Waals surface area contributed by atoms with Gasteiger partial charge in [-0.3, -0.25) is 9.59 Å². The van der Waals surface area contributed by atoms with Gasteiger partial charge >= 0.3 is 0 Å². The summed E-state index contributed by atoms with van der Waals surface area (Å²) in [6.07, 6.45) is 3.47. The van der Waals surface area contributed by atoms with Gasteiger partial charge in [-0.15, -0.1) is 0 Å². The van der Waals surface area contributed by atoms with E-state index in [0.717, 1.165) is 12.0 Å². The first-order valence-electron chi connectivity index (χ1n) is 9.22. The van der Waals surface area contributed by atoms with Crippen molar-refractivity contribution in [2.75, 3.05) is 17.6 Å². The normalized spacial score (nSPS) is 14.0. The molecule has 1 aliphatic heterocycles. The number of rotatable bonds is 6. The maximum absolute atomic E-state index is 12.8. The van der Waals surface area contributed by atoms with Crippen LogP contribution >= 0.6 is 0 Å². The highest BCUT2D eigenvalue weighted by Crippen LogP contribution is 2.21. The lowest BCUT2D eigenvalue weighted by atomic mass is 10.0. The van der Waals surface area contributed by atoms with Crippen LogP contribution in [0.2, 0.25) is 0 Å². The lowest BCUT2D eigenvalue weighted by molar-refractivity contribution is -0.128. The van der Waals surface area contributed by atoms with Crippen molar-refractivity contribution in [1.29, 1.82) is 0 Å². The Bertz CT molecular complexity index is 873. The summed E-state index contributed by atoms with van der Waals surface area (Å²) in [7, 11) is 0. The average Bonchev–Trinajstić information content (AvgIpc) is 2.66. The number of hydrogen-bond donors (Lipinski definition) is 2. The SMILES string of the molecule is Cc1ccccc1CN1CCC=C(CCC(=O)Nc2ccccc2N)C1=O. The summed E-state index contributed by atoms with van der Waals surface area (Å²) in [5, 5.41) is 2.81. The minimum atomic E-state index is -0.141. The molecule has 1 heterocycles. The molecule has 2 aromatic carbocycles. The Labute approximate surface area is 159 Å². The van der Waals surface area contributed by atoms with Crippen LogP contribution in [-0.2, 0) is 16.1 Å². The van der Waals surface area contributed by atoms with E-state index >= 15 is 0 Å². The maximum Gasteiger partial charge on any atom is 0.249 e. The van der Waals surface area contributed by atoms with E-state index in [1.165, 1.54) is 5.56 Å². The number of anilines is 2. The van der Waals surface area contributed by atoms with Crippen LogP contribution in [0.25, 0.3) is 0 Å². The first kappa shape index (κ1) is 18.7. The lowest BCUT2D eigenvalue weighted by Crippen LogP contribution is -2.35. The van der Waals surface area contributed by atoms with Gasteiger partial charge in [-0.1, -0.05) is 42.5 Å². The second kappa shape index (κ2) is 8.54. The fourth-order valence-corrected chi connectivity index (χ4v) is 3.21. The Balaban J connectivity index is 1.56. The highest BCUT2D eigenvalue weighted by Gasteiger charge is 2.22. The smallest absolute Gasteiger partial charge is 0.249 e. The van der Waals surface area contributed by atoms with E-state index in [1.807, 2.05) is 35.2 Å². The first-order valence-corrected chi connectivity index (χ1v) is 9.22. The van der Waals surface area contributed by atoms with Crippen molar-refractivity contribution in [2.24, 2.45) is 0 Å². The van der Waals surface area contributed by atoms with Crippen molar-refractivity contribution in [1.82, 2.24) is 4.90 Å². The summed E-state index contributed by atoms with van der Waals surface area (Å²) in [5.74, 6) is -0.117. The fraction of sp³-hybridized carbons (Fsp3) is 0.273. The van der Waals surface area contributed by atoms with Crippen LogP contribution in [-0.4, -0.2) is 23.3 Å². The molecule has 140 valence electrons. The Morgan fingerprint density at radius 3 is 2.67 bits per heavy atom. The molecule has 27 heavy (non-hydrogen) atoms. The molecule has 0 bridgehead atoms. The van der Waals surface area contributed by atoms with Crippen LogP contribution < -0.4 is 11.1 Å². The molecule has 1 aliphatic rings. The molecule has 0 saturated heterocycles. The molecule has 5 nitrogen and oxygen atoms in total. The zero-order valence-corrected chi connectivity index (χ0v) is 15.6. The number of amides is 2. The van der Waals surface area contributed by atoms with Gasteiger partial charge in [0.1, 0.15) is 0 Å². The molecule has 2 aromatic rings. The molecular weight excluding hydrogens is 338 g/mol. The third kappa shape index (κ3) is 4.76. The van der Waals surface area contributed by atoms with Gasteiger partial charge in [0.2, 0.25) is 11.8 Å². The largest absolute Gasteiger partial charge is 0.397 e. The Hall–Kier alpha value is -3.08. The molecule has 0 atom stereocenters. The zero-order valence-electron chi connectivity index (χ0n) is 15.6. The minimum absolute atomic E-state index is 0.0246. The molecule has 3 rings (SSSR count). The molecule has 0 spiro atoms. The van der Waals surface area contributed by atoms with Crippen LogP contribution in [0.5, 0.6) is 0 Å². The van der Waals surface area contributed by atoms with E-state index < -0.39 is 0 Å². The van der Waals surface area contributed by atoms with Crippen LogP contribution in [0, 0.1) is 6.92 Å². The molecular formula is C22H25N3O2. The number of para-hydroxylation sites is 2. The number of nitrogen functional groups attached to an aromatic ring is 1. The summed E-state index contributed by atoms with van der Waals surface area (Å²) in [5.41, 5.74) is 10.0. The maximum atomic E-state index is 12.8. The van der Waals surface area contributed by atoms with Gasteiger partial charge in [0.15, 0.2) is 0 Å². The van der Waals surface area contributed by atoms with Gasteiger partial charge in [-0.25, -0.2) is 0 Å². The van der Waals surface area contributed by atoms with Crippen molar-refractivity contribution in [2.45, 2.75) is 32.7 Å². The molecule has 5 heteroatoms. The highest BCUT2D eigenvalue weighted by atomic mass is 16.2. The van der Waals surface area contributed by atoms with Gasteiger partial charge in [0, 0.05) is 25.1 Å². The number of nitrogens with two attached hydrogens (primary N) is 1. The molecule has 0 fully saturated rings. The quantitative estimate of drug-likeness (QED) is 0.769. The molecule has 0 aromatic heterocycles. The Morgan fingerprint density at radius 2 is 1.89 bits per heavy atom. The second-order valence-electron chi connectivity index (χ2n) is 6.81. The Morgan fingerprint density at radius 1 is 1.15 bits per heavy atom. The molecule has 0 unspecified atom stereocenters. The molecule has 0 radical (unpaired) electrons. The monoisotopic (exact) mass is 363 g/mol. The minimum Gasteiger partial charge on any atom is -0.397 e. The van der Waals surface area contributed by atoms with Crippen LogP contribution in [0.1, 0.15) is 30.4 Å². The number of carbonyl (C=O) groups excluding carboxylic acids is 2. The van der Waals surface area contributed by atoms with Crippen molar-refractivity contribution < 1.29 is 9.59 Å². The van der Waals surface area contributed by atoms with E-state index in [9.17, 15) is 9.59 Å². The summed E-state index contributed by atoms with van der Waals surface area (Å²) < 4.78 is 0. The number of nitrogens with zero attached hydrogens (tertiary/aromatic N) is 1. The molecule has 0 aliphatic carbocycles. The van der Waals surface area contributed by atoms with E-state index in [1.54, 1.807) is 12.1 Å². The standard InChI is InChI=1S/C22H25N3O2/c1-16-7-2-3-8-18(16)15-25-14-6-9-17(22(25)27)12-13-21(26)24-20-11-5-4-10-19(20)23/h2-5,7-11H,6,12-15,23H2,1H3,(H,24,26). The van der Waals surface area contributed by atoms with E-state index in [2.05, 4.69) is 24.4 Å². The average molecular weight is 363 g/mol. The van der Waals surface area contributed by atoms with Gasteiger partial charge in [0.05, 0.1) is 11.4 Å². The highest BCUT2D eigenvalue weighted by molar-refractivity contribution is 5.97. The van der Waals surface area contributed by atoms with Gasteiger partial charge < -0.3 is 16.0 Å². The van der Waals surface area contributed by atoms with E-state index in [4.69, 9.17) is 5.73 Å². The van der Waals surface area contributed by atoms with Gasteiger partial charge in [-0.05, 0) is 43.0 Å². The van der Waals surface area contributed by atoms with Crippen molar-refractivity contribution >= 4 is 23.2 Å². The van der Waals surface area contributed by atoms with Crippen LogP contribution in [0.4, 0.5) is 11.4 Å².